The first-order valence-electron chi connectivity index (χ1n) is 11.6. The zero-order valence-electron chi connectivity index (χ0n) is 19.4. The number of benzene rings is 4. The third kappa shape index (κ3) is 5.14. The number of hydrogen-bond acceptors (Lipinski definition) is 0. The fourth-order valence-corrected chi connectivity index (χ4v) is 4.03. The summed E-state index contributed by atoms with van der Waals surface area (Å²) in [5.74, 6) is -1.97. The molecule has 0 heterocycles. The first-order chi connectivity index (χ1) is 16.5. The van der Waals surface area contributed by atoms with Gasteiger partial charge in [0, 0.05) is 16.7 Å². The minimum absolute atomic E-state index is 0.174. The second-order valence-electron chi connectivity index (χ2n) is 8.40. The second-order valence-corrected chi connectivity index (χ2v) is 8.40. The van der Waals surface area contributed by atoms with Gasteiger partial charge in [-0.1, -0.05) is 105 Å². The second kappa shape index (κ2) is 10.6. The molecule has 0 spiro atoms. The Morgan fingerprint density at radius 3 is 1.88 bits per heavy atom. The lowest BCUT2D eigenvalue weighted by molar-refractivity contribution is 0.509. The predicted octanol–water partition coefficient (Wildman–Crippen LogP) is 9.12. The van der Waals surface area contributed by atoms with Crippen LogP contribution >= 0.6 is 0 Å². The maximum Gasteiger partial charge on any atom is 0.167 e. The average molecular weight is 457 g/mol. The highest BCUT2D eigenvalue weighted by Gasteiger charge is 2.13. The molecule has 0 N–H and O–H groups in total. The van der Waals surface area contributed by atoms with E-state index in [1.807, 2.05) is 61.5 Å². The van der Waals surface area contributed by atoms with Gasteiger partial charge >= 0.3 is 0 Å². The lowest BCUT2D eigenvalue weighted by Gasteiger charge is -2.08. The highest BCUT2D eigenvalue weighted by atomic mass is 19.2. The van der Waals surface area contributed by atoms with Crippen LogP contribution in [0.25, 0.3) is 34.4 Å². The maximum absolute atomic E-state index is 14.8. The van der Waals surface area contributed by atoms with Crippen LogP contribution in [0, 0.1) is 17.5 Å². The minimum atomic E-state index is -0.876. The van der Waals surface area contributed by atoms with Crippen molar-refractivity contribution in [1.82, 2.24) is 0 Å². The summed E-state index contributed by atoms with van der Waals surface area (Å²) in [4.78, 5) is 0. The monoisotopic (exact) mass is 456 g/mol. The molecular formula is C31H27F3. The molecule has 34 heavy (non-hydrogen) atoms. The molecule has 0 unspecified atom stereocenters. The first-order valence-corrected chi connectivity index (χ1v) is 11.6. The van der Waals surface area contributed by atoms with Crippen molar-refractivity contribution in [2.24, 2.45) is 0 Å². The van der Waals surface area contributed by atoms with E-state index < -0.39 is 11.6 Å². The van der Waals surface area contributed by atoms with Gasteiger partial charge < -0.3 is 0 Å². The summed E-state index contributed by atoms with van der Waals surface area (Å²) < 4.78 is 44.0. The topological polar surface area (TPSA) is 0 Å². The molecule has 0 aliphatic heterocycles. The highest BCUT2D eigenvalue weighted by Crippen LogP contribution is 2.28. The van der Waals surface area contributed by atoms with Gasteiger partial charge in [0.05, 0.1) is 0 Å². The van der Waals surface area contributed by atoms with E-state index in [4.69, 9.17) is 0 Å². The van der Waals surface area contributed by atoms with Crippen LogP contribution in [0.5, 0.6) is 0 Å². The van der Waals surface area contributed by atoms with Crippen molar-refractivity contribution in [3.63, 3.8) is 0 Å². The average Bonchev–Trinajstić information content (AvgIpc) is 2.86. The smallest absolute Gasteiger partial charge is 0.167 e. The summed E-state index contributed by atoms with van der Waals surface area (Å²) in [5.41, 5.74) is 5.33. The van der Waals surface area contributed by atoms with Gasteiger partial charge in [-0.15, -0.1) is 0 Å². The van der Waals surface area contributed by atoms with Crippen molar-refractivity contribution in [1.29, 1.82) is 0 Å². The zero-order valence-corrected chi connectivity index (χ0v) is 19.4. The van der Waals surface area contributed by atoms with Gasteiger partial charge in [-0.25, -0.2) is 13.2 Å². The van der Waals surface area contributed by atoms with Gasteiger partial charge in [-0.05, 0) is 46.7 Å². The zero-order chi connectivity index (χ0) is 24.1. The quantitative estimate of drug-likeness (QED) is 0.243. The lowest BCUT2D eigenvalue weighted by Crippen LogP contribution is -1.93. The van der Waals surface area contributed by atoms with Crippen LogP contribution in [0.15, 0.2) is 78.9 Å². The van der Waals surface area contributed by atoms with Gasteiger partial charge in [0.25, 0.3) is 0 Å². The molecule has 0 nitrogen and oxygen atoms in total. The van der Waals surface area contributed by atoms with E-state index >= 15 is 0 Å². The van der Waals surface area contributed by atoms with Crippen molar-refractivity contribution in [3.8, 4) is 22.3 Å². The number of hydrogen-bond donors (Lipinski definition) is 0. The molecule has 0 bridgehead atoms. The Bertz CT molecular complexity index is 1300. The normalized spacial score (nSPS) is 11.3. The predicted molar refractivity (Wildman–Crippen MR) is 136 cm³/mol. The molecule has 0 radical (unpaired) electrons. The van der Waals surface area contributed by atoms with Crippen LogP contribution in [0.1, 0.15) is 42.5 Å². The van der Waals surface area contributed by atoms with Crippen molar-refractivity contribution in [2.75, 3.05) is 0 Å². The molecule has 4 aromatic carbocycles. The molecule has 4 rings (SSSR count). The summed E-state index contributed by atoms with van der Waals surface area (Å²) in [6.07, 6.45) is 5.99. The van der Waals surface area contributed by atoms with Crippen LogP contribution in [0.4, 0.5) is 13.2 Å². The molecule has 0 amide bonds. The fourth-order valence-electron chi connectivity index (χ4n) is 4.03. The van der Waals surface area contributed by atoms with Gasteiger partial charge in [0.15, 0.2) is 11.6 Å². The Balaban J connectivity index is 1.53. The molecule has 0 saturated carbocycles. The Morgan fingerprint density at radius 1 is 0.618 bits per heavy atom. The van der Waals surface area contributed by atoms with Gasteiger partial charge in [-0.3, -0.25) is 0 Å². The summed E-state index contributed by atoms with van der Waals surface area (Å²) in [7, 11) is 0. The van der Waals surface area contributed by atoms with Gasteiger partial charge in [0.2, 0.25) is 0 Å². The van der Waals surface area contributed by atoms with E-state index in [0.29, 0.717) is 11.1 Å². The van der Waals surface area contributed by atoms with Crippen molar-refractivity contribution in [3.05, 3.63) is 119 Å². The molecule has 0 atom stereocenters. The standard InChI is InChI=1S/C31H27F3/c1-3-5-23-11-18-27(29(32)20-23)24-14-8-22(9-15-24)10-16-26-17-19-28(31(34)30(26)33)25-12-6-21(4-2)7-13-25/h6-20H,3-5H2,1-2H3. The van der Waals surface area contributed by atoms with Crippen LogP contribution in [0.2, 0.25) is 0 Å². The van der Waals surface area contributed by atoms with Gasteiger partial charge in [0.1, 0.15) is 5.82 Å². The number of halogens is 3. The van der Waals surface area contributed by atoms with Crippen LogP contribution in [-0.2, 0) is 12.8 Å². The molecule has 0 aliphatic rings. The molecule has 0 aromatic heterocycles. The highest BCUT2D eigenvalue weighted by molar-refractivity contribution is 5.74. The molecule has 3 heteroatoms. The van der Waals surface area contributed by atoms with Crippen LogP contribution < -0.4 is 0 Å². The molecular weight excluding hydrogens is 429 g/mol. The summed E-state index contributed by atoms with van der Waals surface area (Å²) >= 11 is 0. The third-order valence-electron chi connectivity index (χ3n) is 6.03. The van der Waals surface area contributed by atoms with Crippen LogP contribution in [-0.4, -0.2) is 0 Å². The first kappa shape index (κ1) is 23.6. The minimum Gasteiger partial charge on any atom is -0.206 e. The SMILES string of the molecule is CCCc1ccc(-c2ccc(C=Cc3ccc(-c4ccc(CC)cc4)c(F)c3F)cc2)c(F)c1. The van der Waals surface area contributed by atoms with E-state index in [0.717, 1.165) is 41.5 Å². The van der Waals surface area contributed by atoms with E-state index in [1.54, 1.807) is 36.4 Å². The summed E-state index contributed by atoms with van der Waals surface area (Å²) in [6.45, 7) is 4.12. The third-order valence-corrected chi connectivity index (χ3v) is 6.03. The maximum atomic E-state index is 14.8. The summed E-state index contributed by atoms with van der Waals surface area (Å²) in [6, 6.07) is 23.3. The van der Waals surface area contributed by atoms with E-state index in [2.05, 4.69) is 6.92 Å². The largest absolute Gasteiger partial charge is 0.206 e. The molecule has 0 saturated heterocycles. The Morgan fingerprint density at radius 2 is 1.24 bits per heavy atom. The van der Waals surface area contributed by atoms with Crippen molar-refractivity contribution >= 4 is 12.2 Å². The Hall–Kier alpha value is -3.59. The Labute approximate surface area is 199 Å². The fraction of sp³-hybridized carbons (Fsp3) is 0.161. The molecule has 0 aliphatic carbocycles. The number of rotatable bonds is 7. The van der Waals surface area contributed by atoms with Crippen molar-refractivity contribution < 1.29 is 13.2 Å². The van der Waals surface area contributed by atoms with Crippen LogP contribution in [0.3, 0.4) is 0 Å². The summed E-state index contributed by atoms with van der Waals surface area (Å²) in [5, 5.41) is 0. The Kier molecular flexibility index (Phi) is 7.32. The lowest BCUT2D eigenvalue weighted by atomic mass is 9.99. The molecule has 4 aromatic rings. The van der Waals surface area contributed by atoms with E-state index in [1.165, 1.54) is 0 Å². The number of aryl methyl sites for hydroxylation is 2. The van der Waals surface area contributed by atoms with E-state index in [-0.39, 0.29) is 16.9 Å². The molecule has 172 valence electrons. The van der Waals surface area contributed by atoms with E-state index in [9.17, 15) is 13.2 Å². The van der Waals surface area contributed by atoms with Gasteiger partial charge in [-0.2, -0.15) is 0 Å². The van der Waals surface area contributed by atoms with Crippen molar-refractivity contribution in [2.45, 2.75) is 33.1 Å². The molecule has 0 fully saturated rings.